The minimum atomic E-state index is -0.157. The van der Waals surface area contributed by atoms with Crippen LogP contribution >= 0.6 is 22.6 Å². The van der Waals surface area contributed by atoms with Crippen LogP contribution in [-0.4, -0.2) is 17.0 Å². The number of esters is 1. The lowest BCUT2D eigenvalue weighted by Gasteiger charge is -2.03. The van der Waals surface area contributed by atoms with Gasteiger partial charge in [-0.15, -0.1) is 0 Å². The topological polar surface area (TPSA) is 26.3 Å². The Morgan fingerprint density at radius 1 is 0.810 bits per heavy atom. The van der Waals surface area contributed by atoms with Crippen molar-refractivity contribution in [2.45, 2.75) is 84.0 Å². The Kier molecular flexibility index (Phi) is 17.9. The maximum Gasteiger partial charge on any atom is 0.302 e. The SMILES string of the molecule is CC(=O)OCCCCCCCCCCCC/C=C/CCI. The van der Waals surface area contributed by atoms with E-state index >= 15 is 0 Å². The summed E-state index contributed by atoms with van der Waals surface area (Å²) in [6.45, 7) is 2.07. The largest absolute Gasteiger partial charge is 0.466 e. The Balaban J connectivity index is 3.01. The maximum absolute atomic E-state index is 10.6. The number of allylic oxidation sites excluding steroid dienone is 2. The van der Waals surface area contributed by atoms with Gasteiger partial charge in [0, 0.05) is 11.4 Å². The van der Waals surface area contributed by atoms with Crippen LogP contribution in [0.25, 0.3) is 0 Å². The van der Waals surface area contributed by atoms with Crippen molar-refractivity contribution in [2.75, 3.05) is 11.0 Å². The van der Waals surface area contributed by atoms with Crippen molar-refractivity contribution in [1.82, 2.24) is 0 Å². The van der Waals surface area contributed by atoms with Gasteiger partial charge in [-0.25, -0.2) is 0 Å². The van der Waals surface area contributed by atoms with E-state index in [-0.39, 0.29) is 5.97 Å². The van der Waals surface area contributed by atoms with E-state index in [9.17, 15) is 4.79 Å². The molecular weight excluding hydrogens is 375 g/mol. The highest BCUT2D eigenvalue weighted by atomic mass is 127. The number of halogens is 1. The van der Waals surface area contributed by atoms with Gasteiger partial charge in [0.2, 0.25) is 0 Å². The molecule has 0 N–H and O–H groups in total. The van der Waals surface area contributed by atoms with Gasteiger partial charge in [0.1, 0.15) is 0 Å². The van der Waals surface area contributed by atoms with Crippen LogP contribution in [0.2, 0.25) is 0 Å². The molecule has 0 radical (unpaired) electrons. The molecule has 0 fully saturated rings. The van der Waals surface area contributed by atoms with Gasteiger partial charge in [0.25, 0.3) is 0 Å². The number of unbranched alkanes of at least 4 members (excludes halogenated alkanes) is 10. The lowest BCUT2D eigenvalue weighted by atomic mass is 10.1. The van der Waals surface area contributed by atoms with Crippen LogP contribution in [0.15, 0.2) is 12.2 Å². The molecule has 0 bridgehead atoms. The second-order valence-electron chi connectivity index (χ2n) is 5.61. The van der Waals surface area contributed by atoms with Crippen LogP contribution in [-0.2, 0) is 9.53 Å². The molecule has 0 amide bonds. The molecule has 0 spiro atoms. The molecule has 0 aromatic rings. The Labute approximate surface area is 145 Å². The zero-order chi connectivity index (χ0) is 15.6. The minimum absolute atomic E-state index is 0.157. The first-order chi connectivity index (χ1) is 10.3. The fourth-order valence-electron chi connectivity index (χ4n) is 2.29. The molecule has 124 valence electrons. The predicted octanol–water partition coefficient (Wildman–Crippen LogP) is 6.22. The highest BCUT2D eigenvalue weighted by Gasteiger charge is 1.95. The molecule has 0 saturated heterocycles. The standard InChI is InChI=1S/C18H33IO2/c1-18(20)21-17-15-13-11-9-7-5-3-2-4-6-8-10-12-14-16-19/h10,12H,2-9,11,13-17H2,1H3/b12-10+. The van der Waals surface area contributed by atoms with Gasteiger partial charge >= 0.3 is 5.97 Å². The van der Waals surface area contributed by atoms with Gasteiger partial charge in [-0.2, -0.15) is 0 Å². The van der Waals surface area contributed by atoms with Crippen molar-refractivity contribution >= 4 is 28.6 Å². The molecule has 0 aliphatic heterocycles. The summed E-state index contributed by atoms with van der Waals surface area (Å²) in [6.07, 6.45) is 20.2. The summed E-state index contributed by atoms with van der Waals surface area (Å²) in [6, 6.07) is 0. The van der Waals surface area contributed by atoms with E-state index in [0.717, 1.165) is 6.42 Å². The van der Waals surface area contributed by atoms with Crippen molar-refractivity contribution in [3.05, 3.63) is 12.2 Å². The van der Waals surface area contributed by atoms with Crippen LogP contribution in [0.1, 0.15) is 84.0 Å². The van der Waals surface area contributed by atoms with Gasteiger partial charge in [-0.3, -0.25) is 4.79 Å². The summed E-state index contributed by atoms with van der Waals surface area (Å²) < 4.78 is 6.15. The molecule has 0 aromatic heterocycles. The third-order valence-corrected chi connectivity index (χ3v) is 4.14. The van der Waals surface area contributed by atoms with Gasteiger partial charge in [-0.1, -0.05) is 86.1 Å². The van der Waals surface area contributed by atoms with Crippen molar-refractivity contribution in [3.63, 3.8) is 0 Å². The van der Waals surface area contributed by atoms with Crippen molar-refractivity contribution in [2.24, 2.45) is 0 Å². The van der Waals surface area contributed by atoms with Gasteiger partial charge in [0.05, 0.1) is 6.61 Å². The number of carbonyl (C=O) groups is 1. The molecule has 2 nitrogen and oxygen atoms in total. The zero-order valence-electron chi connectivity index (χ0n) is 13.7. The zero-order valence-corrected chi connectivity index (χ0v) is 15.9. The van der Waals surface area contributed by atoms with Crippen molar-refractivity contribution in [1.29, 1.82) is 0 Å². The molecule has 0 atom stereocenters. The van der Waals surface area contributed by atoms with E-state index < -0.39 is 0 Å². The summed E-state index contributed by atoms with van der Waals surface area (Å²) in [5.41, 5.74) is 0. The van der Waals surface area contributed by atoms with Crippen molar-refractivity contribution < 1.29 is 9.53 Å². The first-order valence-corrected chi connectivity index (χ1v) is 10.1. The smallest absolute Gasteiger partial charge is 0.302 e. The van der Waals surface area contributed by atoms with E-state index in [1.807, 2.05) is 0 Å². The number of carbonyl (C=O) groups excluding carboxylic acids is 1. The lowest BCUT2D eigenvalue weighted by Crippen LogP contribution is -2.00. The molecule has 0 heterocycles. The monoisotopic (exact) mass is 408 g/mol. The number of hydrogen-bond donors (Lipinski definition) is 0. The lowest BCUT2D eigenvalue weighted by molar-refractivity contribution is -0.141. The van der Waals surface area contributed by atoms with E-state index in [0.29, 0.717) is 6.61 Å². The van der Waals surface area contributed by atoms with Gasteiger partial charge < -0.3 is 4.74 Å². The highest BCUT2D eigenvalue weighted by molar-refractivity contribution is 14.1. The fourth-order valence-corrected chi connectivity index (χ4v) is 2.65. The van der Waals surface area contributed by atoms with E-state index in [1.54, 1.807) is 0 Å². The number of rotatable bonds is 15. The Morgan fingerprint density at radius 2 is 1.29 bits per heavy atom. The van der Waals surface area contributed by atoms with Crippen LogP contribution in [0.4, 0.5) is 0 Å². The first kappa shape index (κ1) is 20.9. The van der Waals surface area contributed by atoms with E-state index in [2.05, 4.69) is 34.7 Å². The molecule has 3 heteroatoms. The molecule has 0 saturated carbocycles. The minimum Gasteiger partial charge on any atom is -0.466 e. The summed E-state index contributed by atoms with van der Waals surface area (Å²) in [4.78, 5) is 10.6. The molecule has 0 aliphatic carbocycles. The first-order valence-electron chi connectivity index (χ1n) is 8.61. The number of ether oxygens (including phenoxy) is 1. The molecule has 0 rings (SSSR count). The van der Waals surface area contributed by atoms with Crippen LogP contribution in [0, 0.1) is 0 Å². The van der Waals surface area contributed by atoms with Crippen LogP contribution in [0.5, 0.6) is 0 Å². The molecule has 0 aliphatic rings. The summed E-state index contributed by atoms with van der Waals surface area (Å²) in [5, 5.41) is 0. The van der Waals surface area contributed by atoms with E-state index in [1.165, 1.54) is 82.0 Å². The number of hydrogen-bond acceptors (Lipinski definition) is 2. The normalized spacial score (nSPS) is 11.1. The Hall–Kier alpha value is -0.0600. The molecular formula is C18H33IO2. The Morgan fingerprint density at radius 3 is 1.81 bits per heavy atom. The average molecular weight is 408 g/mol. The maximum atomic E-state index is 10.6. The van der Waals surface area contributed by atoms with Crippen LogP contribution in [0.3, 0.4) is 0 Å². The quantitative estimate of drug-likeness (QED) is 0.106. The third-order valence-electron chi connectivity index (χ3n) is 3.51. The second kappa shape index (κ2) is 18.0. The molecule has 21 heavy (non-hydrogen) atoms. The molecule has 0 unspecified atom stereocenters. The van der Waals surface area contributed by atoms with Gasteiger partial charge in [-0.05, 0) is 25.7 Å². The highest BCUT2D eigenvalue weighted by Crippen LogP contribution is 2.11. The second-order valence-corrected chi connectivity index (χ2v) is 6.69. The summed E-state index contributed by atoms with van der Waals surface area (Å²) in [5.74, 6) is -0.157. The Bertz CT molecular complexity index is 252. The van der Waals surface area contributed by atoms with Gasteiger partial charge in [0.15, 0.2) is 0 Å². The summed E-state index contributed by atoms with van der Waals surface area (Å²) in [7, 11) is 0. The fraction of sp³-hybridized carbons (Fsp3) is 0.833. The summed E-state index contributed by atoms with van der Waals surface area (Å²) >= 11 is 2.42. The third kappa shape index (κ3) is 19.9. The molecule has 0 aromatic carbocycles. The van der Waals surface area contributed by atoms with E-state index in [4.69, 9.17) is 4.74 Å². The van der Waals surface area contributed by atoms with Crippen LogP contribution < -0.4 is 0 Å². The average Bonchev–Trinajstić information content (AvgIpc) is 2.46. The van der Waals surface area contributed by atoms with Crippen molar-refractivity contribution in [3.8, 4) is 0 Å². The number of alkyl halides is 1. The predicted molar refractivity (Wildman–Crippen MR) is 100 cm³/mol.